The quantitative estimate of drug-likeness (QED) is 0.849. The number of halogens is 1. The van der Waals surface area contributed by atoms with Gasteiger partial charge in [0.2, 0.25) is 0 Å². The van der Waals surface area contributed by atoms with Gasteiger partial charge in [-0.2, -0.15) is 0 Å². The normalized spacial score (nSPS) is 19.6. The lowest BCUT2D eigenvalue weighted by molar-refractivity contribution is 0.0879. The summed E-state index contributed by atoms with van der Waals surface area (Å²) in [6.45, 7) is 6.21. The van der Waals surface area contributed by atoms with E-state index in [0.717, 1.165) is 31.7 Å². The lowest BCUT2D eigenvalue weighted by atomic mass is 10.1. The highest BCUT2D eigenvalue weighted by Gasteiger charge is 2.18. The summed E-state index contributed by atoms with van der Waals surface area (Å²) in [6, 6.07) is 5.30. The van der Waals surface area contributed by atoms with Gasteiger partial charge in [0.05, 0.1) is 6.04 Å². The predicted molar refractivity (Wildman–Crippen MR) is 75.1 cm³/mol. The van der Waals surface area contributed by atoms with Crippen LogP contribution in [0.4, 0.5) is 4.39 Å². The van der Waals surface area contributed by atoms with Crippen LogP contribution in [0.5, 0.6) is 0 Å². The van der Waals surface area contributed by atoms with E-state index in [1.807, 2.05) is 6.07 Å². The van der Waals surface area contributed by atoms with Crippen LogP contribution in [0.3, 0.4) is 0 Å². The molecule has 0 aliphatic carbocycles. The van der Waals surface area contributed by atoms with Crippen molar-refractivity contribution in [1.29, 1.82) is 0 Å². The van der Waals surface area contributed by atoms with E-state index < -0.39 is 0 Å². The monoisotopic (exact) mass is 266 g/mol. The Morgan fingerprint density at radius 1 is 1.32 bits per heavy atom. The number of rotatable bonds is 4. The highest BCUT2D eigenvalue weighted by Crippen LogP contribution is 2.16. The molecule has 0 radical (unpaired) electrons. The summed E-state index contributed by atoms with van der Waals surface area (Å²) < 4.78 is 13.6. The lowest BCUT2D eigenvalue weighted by Crippen LogP contribution is -2.52. The second kappa shape index (κ2) is 6.43. The molecule has 106 valence electrons. The first kappa shape index (κ1) is 14.4. The van der Waals surface area contributed by atoms with Crippen LogP contribution in [0, 0.1) is 12.7 Å². The summed E-state index contributed by atoms with van der Waals surface area (Å²) in [5, 5.41) is 2.18. The van der Waals surface area contributed by atoms with Crippen LogP contribution in [0.15, 0.2) is 18.2 Å². The van der Waals surface area contributed by atoms with Gasteiger partial charge in [0.15, 0.2) is 0 Å². The molecule has 0 saturated carbocycles. The first-order valence-corrected chi connectivity index (χ1v) is 6.76. The third-order valence-corrected chi connectivity index (χ3v) is 3.68. The maximum Gasteiger partial charge on any atom is 0.126 e. The van der Waals surface area contributed by atoms with Gasteiger partial charge in [-0.25, -0.2) is 14.8 Å². The van der Waals surface area contributed by atoms with Crippen molar-refractivity contribution in [3.63, 3.8) is 0 Å². The first-order valence-electron chi connectivity index (χ1n) is 6.76. The number of hydrazine groups is 1. The van der Waals surface area contributed by atoms with Crippen molar-refractivity contribution in [3.8, 4) is 0 Å². The van der Waals surface area contributed by atoms with Crippen molar-refractivity contribution >= 4 is 0 Å². The molecule has 1 heterocycles. The fourth-order valence-corrected chi connectivity index (χ4v) is 2.25. The molecule has 3 N–H and O–H groups in total. The van der Waals surface area contributed by atoms with Crippen molar-refractivity contribution in [2.45, 2.75) is 13.0 Å². The minimum Gasteiger partial charge on any atom is -0.329 e. The Kier molecular flexibility index (Phi) is 4.87. The molecule has 1 fully saturated rings. The van der Waals surface area contributed by atoms with Crippen LogP contribution in [-0.2, 0) is 0 Å². The van der Waals surface area contributed by atoms with Crippen LogP contribution < -0.4 is 11.2 Å². The smallest absolute Gasteiger partial charge is 0.126 e. The lowest BCUT2D eigenvalue weighted by Gasteiger charge is -2.35. The molecule has 1 aromatic carbocycles. The molecule has 4 nitrogen and oxygen atoms in total. The summed E-state index contributed by atoms with van der Waals surface area (Å²) >= 11 is 0. The van der Waals surface area contributed by atoms with E-state index in [2.05, 4.69) is 22.4 Å². The zero-order valence-electron chi connectivity index (χ0n) is 11.7. The Hall–Kier alpha value is -1.01. The van der Waals surface area contributed by atoms with Gasteiger partial charge in [0.1, 0.15) is 5.82 Å². The van der Waals surface area contributed by atoms with E-state index in [-0.39, 0.29) is 11.9 Å². The van der Waals surface area contributed by atoms with Gasteiger partial charge in [0.25, 0.3) is 0 Å². The molecule has 1 aliphatic rings. The molecule has 5 heteroatoms. The van der Waals surface area contributed by atoms with Gasteiger partial charge >= 0.3 is 0 Å². The van der Waals surface area contributed by atoms with Crippen LogP contribution >= 0.6 is 0 Å². The fraction of sp³-hybridized carbons (Fsp3) is 0.571. The SMILES string of the molecule is Cc1ccc(C(CN)NN2CCN(C)CC2)cc1F. The molecule has 2 rings (SSSR count). The molecule has 1 atom stereocenters. The van der Waals surface area contributed by atoms with Gasteiger partial charge in [-0.15, -0.1) is 0 Å². The number of aryl methyl sites for hydroxylation is 1. The summed E-state index contributed by atoms with van der Waals surface area (Å²) in [4.78, 5) is 2.29. The second-order valence-electron chi connectivity index (χ2n) is 5.22. The molecular weight excluding hydrogens is 243 g/mol. The first-order chi connectivity index (χ1) is 9.10. The number of likely N-dealkylation sites (N-methyl/N-ethyl adjacent to an activating group) is 1. The number of nitrogens with zero attached hydrogens (tertiary/aromatic N) is 2. The number of benzene rings is 1. The Balaban J connectivity index is 2.01. The summed E-state index contributed by atoms with van der Waals surface area (Å²) in [5.41, 5.74) is 10.8. The van der Waals surface area contributed by atoms with Crippen molar-refractivity contribution in [2.75, 3.05) is 39.8 Å². The Morgan fingerprint density at radius 2 is 2.00 bits per heavy atom. The minimum absolute atomic E-state index is 0.0292. The molecule has 1 aliphatic heterocycles. The summed E-state index contributed by atoms with van der Waals surface area (Å²) in [5.74, 6) is -0.170. The van der Waals surface area contributed by atoms with Crippen molar-refractivity contribution < 1.29 is 4.39 Å². The van der Waals surface area contributed by atoms with E-state index in [9.17, 15) is 4.39 Å². The summed E-state index contributed by atoms with van der Waals surface area (Å²) in [6.07, 6.45) is 0. The Labute approximate surface area is 114 Å². The molecule has 0 spiro atoms. The van der Waals surface area contributed by atoms with Gasteiger partial charge in [-0.05, 0) is 31.2 Å². The molecule has 0 bridgehead atoms. The molecule has 19 heavy (non-hydrogen) atoms. The van der Waals surface area contributed by atoms with Crippen LogP contribution in [0.2, 0.25) is 0 Å². The van der Waals surface area contributed by atoms with E-state index in [4.69, 9.17) is 5.73 Å². The number of hydrogen-bond donors (Lipinski definition) is 2. The third kappa shape index (κ3) is 3.73. The Morgan fingerprint density at radius 3 is 2.58 bits per heavy atom. The maximum atomic E-state index is 13.6. The Bertz CT molecular complexity index is 416. The van der Waals surface area contributed by atoms with Crippen LogP contribution in [0.25, 0.3) is 0 Å². The second-order valence-corrected chi connectivity index (χ2v) is 5.22. The average Bonchev–Trinajstić information content (AvgIpc) is 2.41. The van der Waals surface area contributed by atoms with Gasteiger partial charge < -0.3 is 10.6 Å². The highest BCUT2D eigenvalue weighted by molar-refractivity contribution is 5.26. The number of piperazine rings is 1. The minimum atomic E-state index is -0.170. The highest BCUT2D eigenvalue weighted by atomic mass is 19.1. The number of nitrogens with two attached hydrogens (primary N) is 1. The molecule has 1 unspecified atom stereocenters. The van der Waals surface area contributed by atoms with Crippen LogP contribution in [-0.4, -0.2) is 49.7 Å². The third-order valence-electron chi connectivity index (χ3n) is 3.68. The topological polar surface area (TPSA) is 44.5 Å². The van der Waals surface area contributed by atoms with E-state index >= 15 is 0 Å². The van der Waals surface area contributed by atoms with E-state index in [0.29, 0.717) is 12.1 Å². The molecule has 0 aromatic heterocycles. The molecular formula is C14H23FN4. The maximum absolute atomic E-state index is 13.6. The number of hydrogen-bond acceptors (Lipinski definition) is 4. The van der Waals surface area contributed by atoms with Crippen LogP contribution in [0.1, 0.15) is 17.2 Å². The van der Waals surface area contributed by atoms with Gasteiger partial charge in [-0.3, -0.25) is 0 Å². The molecule has 0 amide bonds. The predicted octanol–water partition coefficient (Wildman–Crippen LogP) is 0.886. The van der Waals surface area contributed by atoms with Crippen molar-refractivity contribution in [3.05, 3.63) is 35.1 Å². The zero-order valence-corrected chi connectivity index (χ0v) is 11.7. The van der Waals surface area contributed by atoms with Gasteiger partial charge in [-0.1, -0.05) is 12.1 Å². The number of nitrogens with one attached hydrogen (secondary N) is 1. The molecule has 1 aromatic rings. The largest absolute Gasteiger partial charge is 0.329 e. The standard InChI is InChI=1S/C14H23FN4/c1-11-3-4-12(9-13(11)15)14(10-16)17-19-7-5-18(2)6-8-19/h3-4,9,14,17H,5-8,10,16H2,1-2H3. The van der Waals surface area contributed by atoms with E-state index in [1.165, 1.54) is 0 Å². The average molecular weight is 266 g/mol. The fourth-order valence-electron chi connectivity index (χ4n) is 2.25. The van der Waals surface area contributed by atoms with E-state index in [1.54, 1.807) is 19.1 Å². The van der Waals surface area contributed by atoms with Gasteiger partial charge in [0, 0.05) is 32.7 Å². The van der Waals surface area contributed by atoms with Crippen molar-refractivity contribution in [1.82, 2.24) is 15.3 Å². The van der Waals surface area contributed by atoms with Crippen molar-refractivity contribution in [2.24, 2.45) is 5.73 Å². The molecule has 1 saturated heterocycles. The zero-order chi connectivity index (χ0) is 13.8. The summed E-state index contributed by atoms with van der Waals surface area (Å²) in [7, 11) is 2.12.